The van der Waals surface area contributed by atoms with Crippen molar-refractivity contribution < 1.29 is 22.7 Å². The Morgan fingerprint density at radius 3 is 2.39 bits per heavy atom. The molecule has 1 aliphatic rings. The molecule has 170 valence electrons. The van der Waals surface area contributed by atoms with Crippen LogP contribution in [-0.4, -0.2) is 40.4 Å². The molecule has 0 aliphatic carbocycles. The van der Waals surface area contributed by atoms with E-state index in [1.54, 1.807) is 51.5 Å². The minimum Gasteiger partial charge on any atom is -0.497 e. The van der Waals surface area contributed by atoms with Crippen molar-refractivity contribution in [1.29, 1.82) is 0 Å². The minimum atomic E-state index is -3.67. The lowest BCUT2D eigenvalue weighted by Gasteiger charge is -2.14. The van der Waals surface area contributed by atoms with Crippen molar-refractivity contribution in [3.05, 3.63) is 72.3 Å². The lowest BCUT2D eigenvalue weighted by atomic mass is 10.0. The number of nitrogens with zero attached hydrogens (tertiary/aromatic N) is 1. The molecule has 4 rings (SSSR count). The first-order chi connectivity index (χ1) is 15.8. The first-order valence-corrected chi connectivity index (χ1v) is 11.6. The maximum Gasteiger partial charge on any atom is 0.263 e. The highest BCUT2D eigenvalue weighted by molar-refractivity contribution is 7.90. The van der Waals surface area contributed by atoms with Crippen LogP contribution >= 0.6 is 0 Å². The highest BCUT2D eigenvalue weighted by Crippen LogP contribution is 2.33. The van der Waals surface area contributed by atoms with Crippen LogP contribution in [0.2, 0.25) is 0 Å². The molecule has 33 heavy (non-hydrogen) atoms. The number of anilines is 1. The first-order valence-electron chi connectivity index (χ1n) is 10.2. The third-order valence-electron chi connectivity index (χ3n) is 5.23. The average molecular weight is 466 g/mol. The van der Waals surface area contributed by atoms with Gasteiger partial charge in [-0.15, -0.1) is 0 Å². The molecule has 9 heteroatoms. The molecule has 0 saturated heterocycles. The molecule has 0 saturated carbocycles. The Hall–Kier alpha value is -3.85. The van der Waals surface area contributed by atoms with E-state index in [4.69, 9.17) is 9.47 Å². The van der Waals surface area contributed by atoms with Crippen LogP contribution in [-0.2, 0) is 14.8 Å². The number of nitrogens with one attached hydrogen (secondary N) is 2. The topological polar surface area (TPSA) is 106 Å². The maximum atomic E-state index is 12.8. The summed E-state index contributed by atoms with van der Waals surface area (Å²) >= 11 is 0. The molecule has 3 aromatic carbocycles. The van der Waals surface area contributed by atoms with Gasteiger partial charge < -0.3 is 14.8 Å². The van der Waals surface area contributed by atoms with Crippen molar-refractivity contribution in [2.24, 2.45) is 4.99 Å². The van der Waals surface area contributed by atoms with Crippen LogP contribution in [0.25, 0.3) is 11.1 Å². The second-order valence-electron chi connectivity index (χ2n) is 7.39. The first kappa shape index (κ1) is 22.3. The predicted octanol–water partition coefficient (Wildman–Crippen LogP) is 3.44. The standard InChI is InChI=1S/C24H23N3O5S/c1-15(25-23-19-6-4-5-7-22(19)33(29,30)27-23)24(28)26-17-10-13-21(32-3)20(14-17)16-8-11-18(31-2)12-9-16/h4-15H,1-3H3,(H,25,27)(H,26,28)/t15-/m0/s1. The van der Waals surface area contributed by atoms with Crippen LogP contribution in [0.1, 0.15) is 12.5 Å². The second-order valence-corrected chi connectivity index (χ2v) is 9.04. The second kappa shape index (κ2) is 8.95. The van der Waals surface area contributed by atoms with Crippen LogP contribution in [0.5, 0.6) is 11.5 Å². The number of amidine groups is 1. The number of sulfonamides is 1. The van der Waals surface area contributed by atoms with E-state index in [1.165, 1.54) is 6.07 Å². The van der Waals surface area contributed by atoms with Crippen LogP contribution in [0, 0.1) is 0 Å². The summed E-state index contributed by atoms with van der Waals surface area (Å²) in [5.41, 5.74) is 2.71. The van der Waals surface area contributed by atoms with Gasteiger partial charge >= 0.3 is 0 Å². The SMILES string of the molecule is COc1ccc(-c2cc(NC(=O)[C@H](C)N=C3NS(=O)(=O)c4ccccc43)ccc2OC)cc1. The summed E-state index contributed by atoms with van der Waals surface area (Å²) in [6.07, 6.45) is 0. The lowest BCUT2D eigenvalue weighted by molar-refractivity contribution is -0.117. The zero-order chi connectivity index (χ0) is 23.6. The Bertz CT molecular complexity index is 1330. The van der Waals surface area contributed by atoms with Crippen molar-refractivity contribution in [2.75, 3.05) is 19.5 Å². The molecular formula is C24H23N3O5S. The van der Waals surface area contributed by atoms with Crippen molar-refractivity contribution in [3.8, 4) is 22.6 Å². The molecule has 1 atom stereocenters. The number of fused-ring (bicyclic) bond motifs is 1. The molecule has 0 unspecified atom stereocenters. The highest BCUT2D eigenvalue weighted by atomic mass is 32.2. The number of aliphatic imine (C=N–C) groups is 1. The molecule has 0 spiro atoms. The van der Waals surface area contributed by atoms with Crippen molar-refractivity contribution in [3.63, 3.8) is 0 Å². The molecule has 3 aromatic rings. The largest absolute Gasteiger partial charge is 0.497 e. The van der Waals surface area contributed by atoms with Crippen LogP contribution in [0.4, 0.5) is 5.69 Å². The van der Waals surface area contributed by atoms with E-state index in [2.05, 4.69) is 15.0 Å². The van der Waals surface area contributed by atoms with Gasteiger partial charge in [0.2, 0.25) is 5.91 Å². The molecule has 1 aliphatic heterocycles. The Balaban J connectivity index is 1.57. The zero-order valence-corrected chi connectivity index (χ0v) is 19.1. The van der Waals surface area contributed by atoms with Crippen molar-refractivity contribution >= 4 is 27.5 Å². The molecular weight excluding hydrogens is 442 g/mol. The Labute approximate surface area is 192 Å². The van der Waals surface area contributed by atoms with Gasteiger partial charge in [-0.3, -0.25) is 14.5 Å². The lowest BCUT2D eigenvalue weighted by Crippen LogP contribution is -2.28. The zero-order valence-electron chi connectivity index (χ0n) is 18.3. The number of amides is 1. The van der Waals surface area contributed by atoms with E-state index < -0.39 is 16.1 Å². The Morgan fingerprint density at radius 1 is 0.970 bits per heavy atom. The Kier molecular flexibility index (Phi) is 6.06. The van der Waals surface area contributed by atoms with Crippen LogP contribution < -0.4 is 19.5 Å². The normalized spacial score (nSPS) is 15.9. The molecule has 2 N–H and O–H groups in total. The number of hydrogen-bond acceptors (Lipinski definition) is 6. The summed E-state index contributed by atoms with van der Waals surface area (Å²) in [7, 11) is -0.484. The number of rotatable bonds is 6. The molecule has 0 fully saturated rings. The van der Waals surface area contributed by atoms with E-state index in [-0.39, 0.29) is 16.6 Å². The van der Waals surface area contributed by atoms with E-state index in [1.807, 2.05) is 30.3 Å². The number of ether oxygens (including phenoxy) is 2. The smallest absolute Gasteiger partial charge is 0.263 e. The van der Waals surface area contributed by atoms with Gasteiger partial charge in [0, 0.05) is 16.8 Å². The number of methoxy groups -OCH3 is 2. The number of carbonyl (C=O) groups is 1. The van der Waals surface area contributed by atoms with Gasteiger partial charge in [0.05, 0.1) is 19.1 Å². The summed E-state index contributed by atoms with van der Waals surface area (Å²) in [4.78, 5) is 17.3. The third kappa shape index (κ3) is 4.54. The van der Waals surface area contributed by atoms with E-state index >= 15 is 0 Å². The van der Waals surface area contributed by atoms with Crippen LogP contribution in [0.3, 0.4) is 0 Å². The minimum absolute atomic E-state index is 0.149. The number of carbonyl (C=O) groups excluding carboxylic acids is 1. The fourth-order valence-electron chi connectivity index (χ4n) is 3.51. The van der Waals surface area contributed by atoms with Gasteiger partial charge in [-0.25, -0.2) is 8.42 Å². The number of benzene rings is 3. The number of hydrogen-bond donors (Lipinski definition) is 2. The molecule has 0 bridgehead atoms. The summed E-state index contributed by atoms with van der Waals surface area (Å²) in [5.74, 6) is 1.17. The van der Waals surface area contributed by atoms with Gasteiger partial charge in [-0.05, 0) is 55.0 Å². The third-order valence-corrected chi connectivity index (χ3v) is 6.63. The quantitative estimate of drug-likeness (QED) is 0.580. The van der Waals surface area contributed by atoms with Crippen LogP contribution in [0.15, 0.2) is 76.6 Å². The van der Waals surface area contributed by atoms with E-state index in [0.29, 0.717) is 17.0 Å². The van der Waals surface area contributed by atoms with E-state index in [9.17, 15) is 13.2 Å². The van der Waals surface area contributed by atoms with Gasteiger partial charge in [0.15, 0.2) is 0 Å². The molecule has 1 amide bonds. The summed E-state index contributed by atoms with van der Waals surface area (Å²) < 4.78 is 37.6. The van der Waals surface area contributed by atoms with Crippen molar-refractivity contribution in [2.45, 2.75) is 17.9 Å². The summed E-state index contributed by atoms with van der Waals surface area (Å²) in [5, 5.41) is 2.84. The van der Waals surface area contributed by atoms with E-state index in [0.717, 1.165) is 16.9 Å². The van der Waals surface area contributed by atoms with Gasteiger partial charge in [0.1, 0.15) is 23.4 Å². The summed E-state index contributed by atoms with van der Waals surface area (Å²) in [6, 6.07) is 18.5. The predicted molar refractivity (Wildman–Crippen MR) is 126 cm³/mol. The fourth-order valence-corrected chi connectivity index (χ4v) is 4.75. The fraction of sp³-hybridized carbons (Fsp3) is 0.167. The average Bonchev–Trinajstić information content (AvgIpc) is 3.08. The molecule has 0 aromatic heterocycles. The highest BCUT2D eigenvalue weighted by Gasteiger charge is 2.31. The van der Waals surface area contributed by atoms with Gasteiger partial charge in [-0.1, -0.05) is 24.3 Å². The van der Waals surface area contributed by atoms with Gasteiger partial charge in [0.25, 0.3) is 10.0 Å². The van der Waals surface area contributed by atoms with Gasteiger partial charge in [-0.2, -0.15) is 0 Å². The molecule has 8 nitrogen and oxygen atoms in total. The van der Waals surface area contributed by atoms with Crippen molar-refractivity contribution in [1.82, 2.24) is 4.72 Å². The monoisotopic (exact) mass is 465 g/mol. The summed E-state index contributed by atoms with van der Waals surface area (Å²) in [6.45, 7) is 1.60. The Morgan fingerprint density at radius 2 is 1.70 bits per heavy atom. The molecule has 0 radical (unpaired) electrons. The molecule has 1 heterocycles. The maximum absolute atomic E-state index is 12.8.